The molecule has 0 spiro atoms. The van der Waals surface area contributed by atoms with Crippen LogP contribution in [0.3, 0.4) is 0 Å². The van der Waals surface area contributed by atoms with E-state index in [0.29, 0.717) is 24.6 Å². The third kappa shape index (κ3) is 2.37. The summed E-state index contributed by atoms with van der Waals surface area (Å²) in [7, 11) is 0. The number of amides is 1. The molecule has 116 valence electrons. The topological polar surface area (TPSA) is 92.6 Å². The van der Waals surface area contributed by atoms with Gasteiger partial charge in [0.25, 0.3) is 5.91 Å². The Bertz CT molecular complexity index is 853. The van der Waals surface area contributed by atoms with E-state index in [2.05, 4.69) is 25.4 Å². The average molecular weight is 309 g/mol. The fraction of sp³-hybridized carbons (Fsp3) is 0.267. The second-order valence-corrected chi connectivity index (χ2v) is 5.50. The zero-order valence-electron chi connectivity index (χ0n) is 12.6. The summed E-state index contributed by atoms with van der Waals surface area (Å²) in [4.78, 5) is 19.0. The first-order valence-corrected chi connectivity index (χ1v) is 7.36. The van der Waals surface area contributed by atoms with E-state index in [0.717, 1.165) is 23.4 Å². The highest BCUT2D eigenvalue weighted by atomic mass is 16.2. The van der Waals surface area contributed by atoms with Crippen LogP contribution in [0.4, 0.5) is 0 Å². The first kappa shape index (κ1) is 13.6. The summed E-state index contributed by atoms with van der Waals surface area (Å²) in [6, 6.07) is 5.36. The fourth-order valence-corrected chi connectivity index (χ4v) is 2.77. The number of aromatic amines is 1. The molecular formula is C15H15N7O. The number of carbonyl (C=O) groups excluding carboxylic acids is 1. The van der Waals surface area contributed by atoms with Gasteiger partial charge in [0.15, 0.2) is 0 Å². The van der Waals surface area contributed by atoms with Crippen molar-refractivity contribution in [3.63, 3.8) is 0 Å². The van der Waals surface area contributed by atoms with Gasteiger partial charge in [0.05, 0.1) is 5.69 Å². The molecule has 1 amide bonds. The SMILES string of the molecule is Cc1[nH]nc2c1CN(C(=O)c1cccc(-n3cnnc3)n1)CC2. The van der Waals surface area contributed by atoms with Crippen LogP contribution in [-0.2, 0) is 13.0 Å². The van der Waals surface area contributed by atoms with Gasteiger partial charge in [0, 0.05) is 30.8 Å². The molecule has 1 aliphatic rings. The largest absolute Gasteiger partial charge is 0.332 e. The number of H-pyrrole nitrogens is 1. The van der Waals surface area contributed by atoms with Gasteiger partial charge < -0.3 is 4.90 Å². The number of fused-ring (bicyclic) bond motifs is 1. The monoisotopic (exact) mass is 309 g/mol. The second-order valence-electron chi connectivity index (χ2n) is 5.50. The summed E-state index contributed by atoms with van der Waals surface area (Å²) in [5.74, 6) is 0.546. The molecule has 4 heterocycles. The molecule has 1 N–H and O–H groups in total. The lowest BCUT2D eigenvalue weighted by Crippen LogP contribution is -2.36. The number of aryl methyl sites for hydroxylation is 1. The molecule has 3 aromatic heterocycles. The summed E-state index contributed by atoms with van der Waals surface area (Å²) in [5.41, 5.74) is 3.60. The van der Waals surface area contributed by atoms with Crippen molar-refractivity contribution < 1.29 is 4.79 Å². The molecule has 23 heavy (non-hydrogen) atoms. The van der Waals surface area contributed by atoms with Crippen molar-refractivity contribution in [2.24, 2.45) is 0 Å². The minimum atomic E-state index is -0.0776. The van der Waals surface area contributed by atoms with Crippen LogP contribution in [-0.4, -0.2) is 47.3 Å². The van der Waals surface area contributed by atoms with Crippen LogP contribution in [0.1, 0.15) is 27.4 Å². The van der Waals surface area contributed by atoms with Crippen LogP contribution in [0.5, 0.6) is 0 Å². The molecule has 0 saturated heterocycles. The zero-order chi connectivity index (χ0) is 15.8. The highest BCUT2D eigenvalue weighted by Gasteiger charge is 2.25. The van der Waals surface area contributed by atoms with Gasteiger partial charge in [0.2, 0.25) is 0 Å². The van der Waals surface area contributed by atoms with Gasteiger partial charge in [0.1, 0.15) is 24.2 Å². The van der Waals surface area contributed by atoms with E-state index in [-0.39, 0.29) is 5.91 Å². The van der Waals surface area contributed by atoms with Crippen molar-refractivity contribution in [2.75, 3.05) is 6.54 Å². The summed E-state index contributed by atoms with van der Waals surface area (Å²) in [6.45, 7) is 3.19. The molecule has 0 fully saturated rings. The summed E-state index contributed by atoms with van der Waals surface area (Å²) < 4.78 is 1.67. The lowest BCUT2D eigenvalue weighted by atomic mass is 10.1. The van der Waals surface area contributed by atoms with E-state index < -0.39 is 0 Å². The Morgan fingerprint density at radius 3 is 2.91 bits per heavy atom. The Hall–Kier alpha value is -3.03. The van der Waals surface area contributed by atoms with Crippen LogP contribution in [0.2, 0.25) is 0 Å². The van der Waals surface area contributed by atoms with E-state index in [4.69, 9.17) is 0 Å². The van der Waals surface area contributed by atoms with Crippen LogP contribution in [0.25, 0.3) is 5.82 Å². The normalized spacial score (nSPS) is 13.9. The predicted molar refractivity (Wildman–Crippen MR) is 80.9 cm³/mol. The molecular weight excluding hydrogens is 294 g/mol. The first-order valence-electron chi connectivity index (χ1n) is 7.36. The molecule has 8 nitrogen and oxygen atoms in total. The molecule has 4 rings (SSSR count). The van der Waals surface area contributed by atoms with Gasteiger partial charge in [-0.05, 0) is 19.1 Å². The van der Waals surface area contributed by atoms with Gasteiger partial charge in [-0.1, -0.05) is 6.07 Å². The first-order chi connectivity index (χ1) is 11.2. The highest BCUT2D eigenvalue weighted by molar-refractivity contribution is 5.92. The molecule has 0 aromatic carbocycles. The van der Waals surface area contributed by atoms with Crippen molar-refractivity contribution >= 4 is 5.91 Å². The molecule has 0 atom stereocenters. The number of nitrogens with zero attached hydrogens (tertiary/aromatic N) is 6. The van der Waals surface area contributed by atoms with E-state index in [1.807, 2.05) is 24.0 Å². The minimum absolute atomic E-state index is 0.0776. The van der Waals surface area contributed by atoms with Crippen molar-refractivity contribution in [2.45, 2.75) is 19.9 Å². The number of aromatic nitrogens is 6. The van der Waals surface area contributed by atoms with Crippen molar-refractivity contribution in [3.8, 4) is 5.82 Å². The quantitative estimate of drug-likeness (QED) is 0.759. The maximum atomic E-state index is 12.8. The molecule has 0 unspecified atom stereocenters. The maximum absolute atomic E-state index is 12.8. The minimum Gasteiger partial charge on any atom is -0.332 e. The van der Waals surface area contributed by atoms with Crippen molar-refractivity contribution in [1.82, 2.24) is 34.8 Å². The third-order valence-corrected chi connectivity index (χ3v) is 4.05. The van der Waals surface area contributed by atoms with Gasteiger partial charge >= 0.3 is 0 Å². The van der Waals surface area contributed by atoms with E-state index in [1.165, 1.54) is 0 Å². The Balaban J connectivity index is 1.60. The van der Waals surface area contributed by atoms with Crippen LogP contribution in [0, 0.1) is 6.92 Å². The van der Waals surface area contributed by atoms with Gasteiger partial charge in [-0.2, -0.15) is 5.10 Å². The maximum Gasteiger partial charge on any atom is 0.272 e. The number of hydrogen-bond acceptors (Lipinski definition) is 5. The predicted octanol–water partition coefficient (Wildman–Crippen LogP) is 0.892. The Morgan fingerprint density at radius 2 is 2.09 bits per heavy atom. The van der Waals surface area contributed by atoms with Crippen molar-refractivity contribution in [1.29, 1.82) is 0 Å². The standard InChI is InChI=1S/C15H15N7O/c1-10-11-7-21(6-5-12(11)20-19-10)15(23)13-3-2-4-14(18-13)22-8-16-17-9-22/h2-4,8-9H,5-7H2,1H3,(H,19,20). The Kier molecular flexibility index (Phi) is 3.14. The molecule has 8 heteroatoms. The molecule has 0 radical (unpaired) electrons. The molecule has 0 aliphatic carbocycles. The van der Waals surface area contributed by atoms with Gasteiger partial charge in [-0.25, -0.2) is 4.98 Å². The summed E-state index contributed by atoms with van der Waals surface area (Å²) in [6.07, 6.45) is 3.87. The summed E-state index contributed by atoms with van der Waals surface area (Å²) >= 11 is 0. The number of carbonyl (C=O) groups is 1. The van der Waals surface area contributed by atoms with Crippen molar-refractivity contribution in [3.05, 3.63) is 53.5 Å². The smallest absolute Gasteiger partial charge is 0.272 e. The van der Waals surface area contributed by atoms with Crippen LogP contribution >= 0.6 is 0 Å². The number of nitrogens with one attached hydrogen (secondary N) is 1. The molecule has 3 aromatic rings. The molecule has 1 aliphatic heterocycles. The molecule has 0 bridgehead atoms. The number of rotatable bonds is 2. The van der Waals surface area contributed by atoms with Crippen LogP contribution < -0.4 is 0 Å². The Labute approximate surface area is 132 Å². The number of pyridine rings is 1. The van der Waals surface area contributed by atoms with Gasteiger partial charge in [-0.15, -0.1) is 10.2 Å². The van der Waals surface area contributed by atoms with E-state index >= 15 is 0 Å². The fourth-order valence-electron chi connectivity index (χ4n) is 2.77. The highest BCUT2D eigenvalue weighted by Crippen LogP contribution is 2.21. The van der Waals surface area contributed by atoms with Crippen LogP contribution in [0.15, 0.2) is 30.9 Å². The average Bonchev–Trinajstić information content (AvgIpc) is 3.25. The third-order valence-electron chi connectivity index (χ3n) is 4.05. The zero-order valence-corrected chi connectivity index (χ0v) is 12.6. The molecule has 0 saturated carbocycles. The van der Waals surface area contributed by atoms with E-state index in [9.17, 15) is 4.79 Å². The lowest BCUT2D eigenvalue weighted by molar-refractivity contribution is 0.0728. The summed E-state index contributed by atoms with van der Waals surface area (Å²) in [5, 5.41) is 14.8. The number of hydrogen-bond donors (Lipinski definition) is 1. The lowest BCUT2D eigenvalue weighted by Gasteiger charge is -2.26. The van der Waals surface area contributed by atoms with Gasteiger partial charge in [-0.3, -0.25) is 14.5 Å². The van der Waals surface area contributed by atoms with E-state index in [1.54, 1.807) is 23.3 Å². The second kappa shape index (κ2) is 5.31. The Morgan fingerprint density at radius 1 is 1.26 bits per heavy atom.